The summed E-state index contributed by atoms with van der Waals surface area (Å²) in [6.07, 6.45) is -1.73. The highest BCUT2D eigenvalue weighted by Gasteiger charge is 2.30. The summed E-state index contributed by atoms with van der Waals surface area (Å²) in [6, 6.07) is 3.77. The van der Waals surface area contributed by atoms with Gasteiger partial charge in [-0.15, -0.1) is 11.3 Å². The first-order valence-electron chi connectivity index (χ1n) is 7.38. The first-order chi connectivity index (χ1) is 11.0. The van der Waals surface area contributed by atoms with Gasteiger partial charge in [0.2, 0.25) is 12.1 Å². The van der Waals surface area contributed by atoms with E-state index in [4.69, 9.17) is 0 Å². The van der Waals surface area contributed by atoms with Crippen molar-refractivity contribution in [2.24, 2.45) is 9.98 Å². The van der Waals surface area contributed by atoms with Crippen LogP contribution in [0.2, 0.25) is 0 Å². The lowest BCUT2D eigenvalue weighted by Crippen LogP contribution is -2.51. The van der Waals surface area contributed by atoms with Gasteiger partial charge in [0.15, 0.2) is 0 Å². The van der Waals surface area contributed by atoms with Crippen molar-refractivity contribution in [3.05, 3.63) is 21.9 Å². The van der Waals surface area contributed by atoms with Crippen molar-refractivity contribution in [2.75, 3.05) is 26.2 Å². The minimum Gasteiger partial charge on any atom is -0.337 e. The molecule has 0 aliphatic carbocycles. The third-order valence-electron chi connectivity index (χ3n) is 3.87. The zero-order chi connectivity index (χ0) is 16.6. The summed E-state index contributed by atoms with van der Waals surface area (Å²) in [5.74, 6) is -0.534. The van der Waals surface area contributed by atoms with Crippen molar-refractivity contribution >= 4 is 34.8 Å². The zero-order valence-electron chi connectivity index (χ0n) is 13.0. The van der Waals surface area contributed by atoms with Gasteiger partial charge in [-0.3, -0.25) is 9.59 Å². The van der Waals surface area contributed by atoms with Crippen LogP contribution in [-0.4, -0.2) is 65.6 Å². The summed E-state index contributed by atoms with van der Waals surface area (Å²) in [7, 11) is 0. The van der Waals surface area contributed by atoms with Gasteiger partial charge in [-0.1, -0.05) is 0 Å². The van der Waals surface area contributed by atoms with E-state index in [1.807, 2.05) is 24.0 Å². The minimum atomic E-state index is -1.73. The Morgan fingerprint density at radius 1 is 1.22 bits per heavy atom. The van der Waals surface area contributed by atoms with Crippen LogP contribution in [0.5, 0.6) is 0 Å². The van der Waals surface area contributed by atoms with Crippen LogP contribution in [-0.2, 0) is 4.79 Å². The van der Waals surface area contributed by atoms with Crippen molar-refractivity contribution in [2.45, 2.75) is 20.0 Å². The lowest BCUT2D eigenvalue weighted by atomic mass is 10.2. The summed E-state index contributed by atoms with van der Waals surface area (Å²) in [5, 5.41) is 0. The van der Waals surface area contributed by atoms with Crippen LogP contribution < -0.4 is 0 Å². The Morgan fingerprint density at radius 3 is 2.48 bits per heavy atom. The second-order valence-electron chi connectivity index (χ2n) is 5.56. The van der Waals surface area contributed by atoms with Crippen molar-refractivity contribution < 1.29 is 14.0 Å². The predicted molar refractivity (Wildman–Crippen MR) is 87.0 cm³/mol. The topological polar surface area (TPSA) is 65.3 Å². The molecule has 0 spiro atoms. The summed E-state index contributed by atoms with van der Waals surface area (Å²) in [5.41, 5.74) is 0.132. The van der Waals surface area contributed by atoms with Crippen LogP contribution in [0, 0.1) is 6.92 Å². The first-order valence-corrected chi connectivity index (χ1v) is 8.20. The molecule has 0 saturated carbocycles. The Kier molecular flexibility index (Phi) is 4.25. The van der Waals surface area contributed by atoms with Gasteiger partial charge in [-0.05, 0) is 26.0 Å². The van der Waals surface area contributed by atoms with Crippen LogP contribution in [0.1, 0.15) is 21.5 Å². The number of piperazine rings is 1. The number of carbonyl (C=O) groups is 2. The number of guanidine groups is 1. The number of thiophene rings is 1. The number of aryl methyl sites for hydroxylation is 1. The number of alkyl halides is 1. The van der Waals surface area contributed by atoms with E-state index in [1.54, 1.807) is 4.90 Å². The maximum absolute atomic E-state index is 13.4. The molecule has 1 aromatic rings. The first kappa shape index (κ1) is 15.8. The molecule has 2 amide bonds. The highest BCUT2D eigenvalue weighted by atomic mass is 32.1. The smallest absolute Gasteiger partial charge is 0.289 e. The lowest BCUT2D eigenvalue weighted by Gasteiger charge is -2.35. The van der Waals surface area contributed by atoms with E-state index in [1.165, 1.54) is 18.3 Å². The molecule has 0 radical (unpaired) electrons. The van der Waals surface area contributed by atoms with E-state index in [9.17, 15) is 14.0 Å². The molecule has 6 nitrogen and oxygen atoms in total. The van der Waals surface area contributed by atoms with Gasteiger partial charge in [0.05, 0.1) is 10.6 Å². The Labute approximate surface area is 137 Å². The van der Waals surface area contributed by atoms with E-state index in [2.05, 4.69) is 9.98 Å². The minimum absolute atomic E-state index is 0.0212. The van der Waals surface area contributed by atoms with E-state index in [0.29, 0.717) is 26.2 Å². The fourth-order valence-electron chi connectivity index (χ4n) is 2.53. The third kappa shape index (κ3) is 3.17. The number of rotatable bonds is 1. The maximum Gasteiger partial charge on any atom is 0.289 e. The maximum atomic E-state index is 13.4. The standard InChI is InChI=1S/C15H17FN4O2S/c1-9-3-4-11(23-9)14(22)19-5-7-20(8-6-19)15-17-10(2)12(16)13(21)18-15/h3-4,12H,5-8H2,1-2H3. The molecule has 122 valence electrons. The molecule has 3 rings (SSSR count). The van der Waals surface area contributed by atoms with E-state index in [0.717, 1.165) is 9.75 Å². The van der Waals surface area contributed by atoms with Gasteiger partial charge in [-0.2, -0.15) is 4.99 Å². The fourth-order valence-corrected chi connectivity index (χ4v) is 3.37. The van der Waals surface area contributed by atoms with Gasteiger partial charge in [-0.25, -0.2) is 9.38 Å². The second kappa shape index (κ2) is 6.19. The van der Waals surface area contributed by atoms with Crippen LogP contribution in [0.25, 0.3) is 0 Å². The molecule has 0 N–H and O–H groups in total. The molecule has 1 atom stereocenters. The Hall–Kier alpha value is -2.09. The number of carbonyl (C=O) groups excluding carboxylic acids is 2. The molecular formula is C15H17FN4O2S. The number of aliphatic imine (C=N–C) groups is 2. The molecule has 0 aromatic carbocycles. The molecule has 1 unspecified atom stereocenters. The molecular weight excluding hydrogens is 319 g/mol. The third-order valence-corrected chi connectivity index (χ3v) is 4.86. The van der Waals surface area contributed by atoms with Gasteiger partial charge in [0, 0.05) is 31.1 Å². The quantitative estimate of drug-likeness (QED) is 0.781. The monoisotopic (exact) mass is 336 g/mol. The molecule has 23 heavy (non-hydrogen) atoms. The largest absolute Gasteiger partial charge is 0.337 e. The fraction of sp³-hybridized carbons (Fsp3) is 0.467. The second-order valence-corrected chi connectivity index (χ2v) is 6.84. The molecule has 2 aliphatic rings. The summed E-state index contributed by atoms with van der Waals surface area (Å²) in [4.78, 5) is 37.1. The summed E-state index contributed by atoms with van der Waals surface area (Å²) in [6.45, 7) is 5.55. The number of halogens is 1. The zero-order valence-corrected chi connectivity index (χ0v) is 13.8. The van der Waals surface area contributed by atoms with Crippen LogP contribution in [0.4, 0.5) is 4.39 Å². The van der Waals surface area contributed by atoms with Gasteiger partial charge < -0.3 is 9.80 Å². The number of hydrogen-bond donors (Lipinski definition) is 0. The highest BCUT2D eigenvalue weighted by Crippen LogP contribution is 2.19. The average molecular weight is 336 g/mol. The summed E-state index contributed by atoms with van der Waals surface area (Å²) < 4.78 is 13.4. The van der Waals surface area contributed by atoms with Crippen molar-refractivity contribution in [3.8, 4) is 0 Å². The van der Waals surface area contributed by atoms with E-state index in [-0.39, 0.29) is 17.6 Å². The van der Waals surface area contributed by atoms with Crippen molar-refractivity contribution in [1.29, 1.82) is 0 Å². The number of amides is 2. The molecule has 1 saturated heterocycles. The molecule has 2 aliphatic heterocycles. The van der Waals surface area contributed by atoms with Gasteiger partial charge in [0.1, 0.15) is 0 Å². The van der Waals surface area contributed by atoms with E-state index < -0.39 is 12.1 Å². The average Bonchev–Trinajstić information content (AvgIpc) is 2.98. The van der Waals surface area contributed by atoms with Crippen LogP contribution in [0.3, 0.4) is 0 Å². The molecule has 3 heterocycles. The van der Waals surface area contributed by atoms with Crippen LogP contribution >= 0.6 is 11.3 Å². The number of nitrogens with zero attached hydrogens (tertiary/aromatic N) is 4. The van der Waals surface area contributed by atoms with E-state index >= 15 is 0 Å². The Morgan fingerprint density at radius 2 is 1.91 bits per heavy atom. The van der Waals surface area contributed by atoms with Crippen molar-refractivity contribution in [3.63, 3.8) is 0 Å². The van der Waals surface area contributed by atoms with Gasteiger partial charge in [0.25, 0.3) is 11.8 Å². The lowest BCUT2D eigenvalue weighted by molar-refractivity contribution is -0.120. The predicted octanol–water partition coefficient (Wildman–Crippen LogP) is 1.51. The Bertz CT molecular complexity index is 704. The molecule has 8 heteroatoms. The van der Waals surface area contributed by atoms with Crippen molar-refractivity contribution in [1.82, 2.24) is 9.80 Å². The SMILES string of the molecule is CC1=NC(N2CCN(C(=O)c3ccc(C)s3)CC2)=NC(=O)C1F. The van der Waals surface area contributed by atoms with Crippen LogP contribution in [0.15, 0.2) is 22.1 Å². The molecule has 1 aromatic heterocycles. The Balaban J connectivity index is 1.64. The van der Waals surface area contributed by atoms with Gasteiger partial charge >= 0.3 is 0 Å². The highest BCUT2D eigenvalue weighted by molar-refractivity contribution is 7.13. The normalized spacial score (nSPS) is 22.0. The number of hydrogen-bond acceptors (Lipinski definition) is 5. The molecule has 0 bridgehead atoms. The summed E-state index contributed by atoms with van der Waals surface area (Å²) >= 11 is 1.48. The molecule has 1 fully saturated rings.